The summed E-state index contributed by atoms with van der Waals surface area (Å²) in [5.41, 5.74) is 12.5. The number of aromatic nitrogens is 2. The van der Waals surface area contributed by atoms with Crippen molar-refractivity contribution in [2.24, 2.45) is 0 Å². The van der Waals surface area contributed by atoms with Gasteiger partial charge < -0.3 is 20.6 Å². The topological polar surface area (TPSA) is 98.8 Å². The number of aromatic amines is 2. The smallest absolute Gasteiger partial charge is 0.269 e. The van der Waals surface area contributed by atoms with Gasteiger partial charge in [0.25, 0.3) is 5.69 Å². The highest BCUT2D eigenvalue weighted by molar-refractivity contribution is 5.88. The molecule has 5 heterocycles. The molecule has 6 aromatic rings. The monoisotopic (exact) mass is 663 g/mol. The molecule has 0 aliphatic carbocycles. The standard InChI is InChI=1S/C44H33N5O2/c50-49(51)32-18-16-31(17-19-32)44-39-26-24-37(47-39)42(29-12-6-2-7-13-29)35-22-20-33(45-35)41(28-10-4-1-5-11-28)34-21-23-36(46-34)43(30-14-8-3-9-15-30)38-25-27-40(44)48-38/h1-27,35,40,45-48H/b41-33-,42-37-,43-38-,44-39-. The van der Waals surface area contributed by atoms with E-state index in [0.717, 1.165) is 78.0 Å². The van der Waals surface area contributed by atoms with E-state index in [1.54, 1.807) is 12.1 Å². The van der Waals surface area contributed by atoms with Crippen molar-refractivity contribution in [3.63, 3.8) is 0 Å². The van der Waals surface area contributed by atoms with Gasteiger partial charge in [0.1, 0.15) is 0 Å². The zero-order valence-corrected chi connectivity index (χ0v) is 27.5. The van der Waals surface area contributed by atoms with E-state index in [1.165, 1.54) is 0 Å². The van der Waals surface area contributed by atoms with Crippen LogP contribution in [0.25, 0.3) is 22.3 Å². The average Bonchev–Trinajstić information content (AvgIpc) is 4.01. The van der Waals surface area contributed by atoms with Crippen molar-refractivity contribution in [3.05, 3.63) is 230 Å². The Hall–Kier alpha value is -6.86. The highest BCUT2D eigenvalue weighted by Crippen LogP contribution is 2.35. The SMILES string of the molecule is O=[N+]([O-])c1ccc(/C2=c3\cc/c([nH]3)=C(\c3ccccc3)C3C=C/C(=C(\c4ccccc4)c4ccc([nH]4)/C(c4ccccc4)=C4/C=CC2N4)N3)cc1. The number of fused-ring (bicyclic) bond motifs is 8. The highest BCUT2D eigenvalue weighted by atomic mass is 16.6. The third-order valence-electron chi connectivity index (χ3n) is 9.78. The second kappa shape index (κ2) is 12.5. The lowest BCUT2D eigenvalue weighted by atomic mass is 9.98. The van der Waals surface area contributed by atoms with E-state index in [9.17, 15) is 10.1 Å². The van der Waals surface area contributed by atoms with Crippen LogP contribution >= 0.6 is 0 Å². The number of nitro groups is 1. The number of nitro benzene ring substituents is 1. The van der Waals surface area contributed by atoms with Gasteiger partial charge in [-0.2, -0.15) is 0 Å². The fourth-order valence-corrected chi connectivity index (χ4v) is 7.46. The number of rotatable bonds is 5. The van der Waals surface area contributed by atoms with E-state index >= 15 is 0 Å². The molecule has 246 valence electrons. The molecule has 4 N–H and O–H groups in total. The van der Waals surface area contributed by atoms with Crippen molar-refractivity contribution < 1.29 is 4.92 Å². The summed E-state index contributed by atoms with van der Waals surface area (Å²) in [7, 11) is 0. The van der Waals surface area contributed by atoms with Gasteiger partial charge in [-0.25, -0.2) is 0 Å². The molecule has 9 rings (SSSR count). The van der Waals surface area contributed by atoms with Crippen LogP contribution in [0.15, 0.2) is 175 Å². The molecule has 2 atom stereocenters. The minimum Gasteiger partial charge on any atom is -0.374 e. The lowest BCUT2D eigenvalue weighted by molar-refractivity contribution is -0.384. The van der Waals surface area contributed by atoms with Crippen LogP contribution in [-0.4, -0.2) is 27.0 Å². The zero-order chi connectivity index (χ0) is 34.3. The Balaban J connectivity index is 1.34. The van der Waals surface area contributed by atoms with E-state index in [1.807, 2.05) is 30.3 Å². The lowest BCUT2D eigenvalue weighted by Crippen LogP contribution is -2.31. The minimum absolute atomic E-state index is 0.0571. The third-order valence-corrected chi connectivity index (χ3v) is 9.78. The molecule has 8 bridgehead atoms. The van der Waals surface area contributed by atoms with Crippen LogP contribution in [0.4, 0.5) is 5.69 Å². The molecule has 2 aromatic heterocycles. The van der Waals surface area contributed by atoms with Gasteiger partial charge in [-0.15, -0.1) is 0 Å². The Morgan fingerprint density at radius 1 is 0.471 bits per heavy atom. The van der Waals surface area contributed by atoms with Crippen LogP contribution in [0, 0.1) is 10.1 Å². The lowest BCUT2D eigenvalue weighted by Gasteiger charge is -2.19. The molecule has 51 heavy (non-hydrogen) atoms. The van der Waals surface area contributed by atoms with E-state index in [0.29, 0.717) is 0 Å². The van der Waals surface area contributed by atoms with Gasteiger partial charge in [-0.05, 0) is 70.8 Å². The van der Waals surface area contributed by atoms with Gasteiger partial charge in [0.15, 0.2) is 0 Å². The minimum atomic E-state index is -0.360. The normalized spacial score (nSPS) is 22.8. The molecule has 3 aliphatic heterocycles. The first-order valence-corrected chi connectivity index (χ1v) is 17.0. The molecule has 2 unspecified atom stereocenters. The van der Waals surface area contributed by atoms with E-state index < -0.39 is 0 Å². The summed E-state index contributed by atoms with van der Waals surface area (Å²) < 4.78 is 0. The number of H-pyrrole nitrogens is 2. The molecule has 4 aromatic carbocycles. The molecular weight excluding hydrogens is 631 g/mol. The van der Waals surface area contributed by atoms with Crippen LogP contribution in [0.3, 0.4) is 0 Å². The summed E-state index contributed by atoms with van der Waals surface area (Å²) in [4.78, 5) is 18.8. The maximum absolute atomic E-state index is 11.6. The van der Waals surface area contributed by atoms with Crippen LogP contribution in [-0.2, 0) is 0 Å². The van der Waals surface area contributed by atoms with Gasteiger partial charge in [-0.1, -0.05) is 103 Å². The second-order valence-electron chi connectivity index (χ2n) is 12.8. The van der Waals surface area contributed by atoms with Gasteiger partial charge in [0, 0.05) is 67.9 Å². The predicted molar refractivity (Wildman–Crippen MR) is 202 cm³/mol. The van der Waals surface area contributed by atoms with Gasteiger partial charge in [0.05, 0.1) is 17.0 Å². The maximum atomic E-state index is 11.6. The summed E-state index contributed by atoms with van der Waals surface area (Å²) in [5, 5.41) is 21.2. The van der Waals surface area contributed by atoms with Crippen LogP contribution in [0.1, 0.15) is 33.6 Å². The first kappa shape index (κ1) is 30.2. The van der Waals surface area contributed by atoms with Gasteiger partial charge >= 0.3 is 0 Å². The average molecular weight is 664 g/mol. The Bertz CT molecular complexity index is 2540. The van der Waals surface area contributed by atoms with E-state index in [-0.39, 0.29) is 22.7 Å². The number of nitrogens with zero attached hydrogens (tertiary/aromatic N) is 1. The molecule has 0 fully saturated rings. The van der Waals surface area contributed by atoms with Crippen molar-refractivity contribution in [2.45, 2.75) is 12.1 Å². The van der Waals surface area contributed by atoms with E-state index in [4.69, 9.17) is 0 Å². The van der Waals surface area contributed by atoms with Gasteiger partial charge in [0.2, 0.25) is 0 Å². The number of hydrogen-bond acceptors (Lipinski definition) is 4. The van der Waals surface area contributed by atoms with Crippen molar-refractivity contribution in [3.8, 4) is 0 Å². The fraction of sp³-hybridized carbons (Fsp3) is 0.0455. The Kier molecular flexibility index (Phi) is 7.43. The molecule has 0 saturated heterocycles. The summed E-state index contributed by atoms with van der Waals surface area (Å²) in [5.74, 6) is 0. The predicted octanol–water partition coefficient (Wildman–Crippen LogP) is 6.94. The number of allylic oxidation sites excluding steroid dienone is 2. The van der Waals surface area contributed by atoms with Crippen molar-refractivity contribution >= 4 is 28.0 Å². The quantitative estimate of drug-likeness (QED) is 0.119. The zero-order valence-electron chi connectivity index (χ0n) is 27.5. The van der Waals surface area contributed by atoms with E-state index in [2.05, 4.69) is 142 Å². The molecular formula is C44H33N5O2. The molecule has 7 nitrogen and oxygen atoms in total. The Morgan fingerprint density at radius 3 is 1.35 bits per heavy atom. The van der Waals surface area contributed by atoms with Crippen LogP contribution in [0.5, 0.6) is 0 Å². The first-order chi connectivity index (χ1) is 25.1. The number of hydrogen-bond donors (Lipinski definition) is 4. The number of benzene rings is 4. The van der Waals surface area contributed by atoms with Gasteiger partial charge in [-0.3, -0.25) is 10.1 Å². The van der Waals surface area contributed by atoms with Crippen LogP contribution in [0.2, 0.25) is 0 Å². The van der Waals surface area contributed by atoms with Crippen LogP contribution < -0.4 is 21.3 Å². The molecule has 0 saturated carbocycles. The summed E-state index contributed by atoms with van der Waals surface area (Å²) in [6.45, 7) is 0. The highest BCUT2D eigenvalue weighted by Gasteiger charge is 2.27. The summed E-state index contributed by atoms with van der Waals surface area (Å²) in [6, 6.07) is 46.4. The molecule has 0 amide bonds. The Morgan fingerprint density at radius 2 is 0.902 bits per heavy atom. The molecule has 7 heteroatoms. The van der Waals surface area contributed by atoms with Crippen molar-refractivity contribution in [1.29, 1.82) is 0 Å². The van der Waals surface area contributed by atoms with Crippen molar-refractivity contribution in [2.75, 3.05) is 0 Å². The maximum Gasteiger partial charge on any atom is 0.269 e. The number of non-ortho nitro benzene ring substituents is 1. The largest absolute Gasteiger partial charge is 0.374 e. The summed E-state index contributed by atoms with van der Waals surface area (Å²) >= 11 is 0. The Labute approximate surface area is 294 Å². The molecule has 0 radical (unpaired) electrons. The number of nitrogens with one attached hydrogen (secondary N) is 4. The molecule has 3 aliphatic rings. The fourth-order valence-electron chi connectivity index (χ4n) is 7.46. The second-order valence-corrected chi connectivity index (χ2v) is 12.8. The first-order valence-electron chi connectivity index (χ1n) is 17.0. The molecule has 0 spiro atoms. The van der Waals surface area contributed by atoms with Crippen molar-refractivity contribution in [1.82, 2.24) is 20.6 Å². The summed E-state index contributed by atoms with van der Waals surface area (Å²) in [6.07, 6.45) is 8.73. The third kappa shape index (κ3) is 5.51.